The summed E-state index contributed by atoms with van der Waals surface area (Å²) in [4.78, 5) is 21.9. The third kappa shape index (κ3) is 4.85. The van der Waals surface area contributed by atoms with E-state index < -0.39 is 11.0 Å². The fraction of sp³-hybridized carbons (Fsp3) is 0.462. The van der Waals surface area contributed by atoms with Crippen LogP contribution < -0.4 is 16.4 Å². The first-order chi connectivity index (χ1) is 9.56. The zero-order valence-electron chi connectivity index (χ0n) is 11.5. The van der Waals surface area contributed by atoms with E-state index in [-0.39, 0.29) is 11.6 Å². The smallest absolute Gasteiger partial charge is 0.292 e. The first kappa shape index (κ1) is 15.9. The third-order valence-electron chi connectivity index (χ3n) is 2.78. The number of nitrogens with two attached hydrogens (primary N) is 1. The van der Waals surface area contributed by atoms with Crippen molar-refractivity contribution in [1.82, 2.24) is 5.32 Å². The molecule has 1 rings (SSSR count). The average molecular weight is 280 g/mol. The zero-order chi connectivity index (χ0) is 15.0. The predicted molar refractivity (Wildman–Crippen MR) is 77.5 cm³/mol. The van der Waals surface area contributed by atoms with Gasteiger partial charge in [0.2, 0.25) is 5.91 Å². The van der Waals surface area contributed by atoms with E-state index in [1.165, 1.54) is 6.07 Å². The fourth-order valence-electron chi connectivity index (χ4n) is 1.74. The number of amides is 1. The van der Waals surface area contributed by atoms with E-state index >= 15 is 0 Å². The second-order valence-corrected chi connectivity index (χ2v) is 4.39. The van der Waals surface area contributed by atoms with Crippen LogP contribution in [0.2, 0.25) is 0 Å². The van der Waals surface area contributed by atoms with E-state index in [4.69, 9.17) is 5.73 Å². The van der Waals surface area contributed by atoms with Crippen LogP contribution in [-0.2, 0) is 4.79 Å². The van der Waals surface area contributed by atoms with Crippen molar-refractivity contribution < 1.29 is 9.72 Å². The minimum Gasteiger partial charge on any atom is -0.378 e. The molecular formula is C13H20N4O3. The van der Waals surface area contributed by atoms with Gasteiger partial charge >= 0.3 is 0 Å². The molecule has 0 aliphatic carbocycles. The number of nitro benzene ring substituents is 1. The number of nitro groups is 1. The first-order valence-electron chi connectivity index (χ1n) is 6.56. The van der Waals surface area contributed by atoms with E-state index in [0.29, 0.717) is 25.2 Å². The number of carbonyl (C=O) groups is 1. The Balaban J connectivity index is 2.38. The number of para-hydroxylation sites is 2. The van der Waals surface area contributed by atoms with Crippen LogP contribution in [0.15, 0.2) is 24.3 Å². The Hall–Kier alpha value is -2.15. The van der Waals surface area contributed by atoms with Gasteiger partial charge in [0.15, 0.2) is 0 Å². The Morgan fingerprint density at radius 2 is 2.10 bits per heavy atom. The van der Waals surface area contributed by atoms with Crippen LogP contribution in [0.4, 0.5) is 11.4 Å². The van der Waals surface area contributed by atoms with Gasteiger partial charge in [-0.15, -0.1) is 0 Å². The van der Waals surface area contributed by atoms with E-state index in [0.717, 1.165) is 6.42 Å². The van der Waals surface area contributed by atoms with Crippen molar-refractivity contribution in [3.8, 4) is 0 Å². The van der Waals surface area contributed by atoms with Gasteiger partial charge in [-0.25, -0.2) is 0 Å². The van der Waals surface area contributed by atoms with Crippen molar-refractivity contribution >= 4 is 17.3 Å². The number of nitrogens with one attached hydrogen (secondary N) is 2. The van der Waals surface area contributed by atoms with E-state index in [1.807, 2.05) is 6.92 Å². The fourth-order valence-corrected chi connectivity index (χ4v) is 1.74. The van der Waals surface area contributed by atoms with Crippen molar-refractivity contribution in [3.63, 3.8) is 0 Å². The van der Waals surface area contributed by atoms with Crippen LogP contribution in [-0.4, -0.2) is 30.0 Å². The maximum absolute atomic E-state index is 11.5. The second kappa shape index (κ2) is 8.11. The van der Waals surface area contributed by atoms with Gasteiger partial charge in [-0.05, 0) is 12.5 Å². The van der Waals surface area contributed by atoms with Gasteiger partial charge in [-0.2, -0.15) is 0 Å². The van der Waals surface area contributed by atoms with Crippen LogP contribution in [0.5, 0.6) is 0 Å². The summed E-state index contributed by atoms with van der Waals surface area (Å²) in [6.07, 6.45) is 1.49. The number of hydrogen-bond donors (Lipinski definition) is 3. The van der Waals surface area contributed by atoms with Crippen LogP contribution in [0.25, 0.3) is 0 Å². The van der Waals surface area contributed by atoms with Crippen molar-refractivity contribution in [3.05, 3.63) is 34.4 Å². The molecule has 20 heavy (non-hydrogen) atoms. The molecule has 1 unspecified atom stereocenters. The summed E-state index contributed by atoms with van der Waals surface area (Å²) in [7, 11) is 0. The van der Waals surface area contributed by atoms with Gasteiger partial charge < -0.3 is 16.4 Å². The monoisotopic (exact) mass is 280 g/mol. The number of rotatable bonds is 8. The Morgan fingerprint density at radius 1 is 1.40 bits per heavy atom. The molecule has 0 aromatic heterocycles. The Kier molecular flexibility index (Phi) is 6.45. The van der Waals surface area contributed by atoms with E-state index in [2.05, 4.69) is 10.6 Å². The molecule has 0 bridgehead atoms. The second-order valence-electron chi connectivity index (χ2n) is 4.39. The lowest BCUT2D eigenvalue weighted by molar-refractivity contribution is -0.384. The molecule has 0 spiro atoms. The molecule has 7 nitrogen and oxygen atoms in total. The highest BCUT2D eigenvalue weighted by atomic mass is 16.6. The number of anilines is 1. The number of hydrogen-bond acceptors (Lipinski definition) is 5. The summed E-state index contributed by atoms with van der Waals surface area (Å²) >= 11 is 0. The van der Waals surface area contributed by atoms with Gasteiger partial charge in [0.05, 0.1) is 11.0 Å². The van der Waals surface area contributed by atoms with Gasteiger partial charge in [0.1, 0.15) is 5.69 Å². The third-order valence-corrected chi connectivity index (χ3v) is 2.78. The lowest BCUT2D eigenvalue weighted by atomic mass is 10.2. The summed E-state index contributed by atoms with van der Waals surface area (Å²) in [5, 5.41) is 16.4. The standard InChI is InChI=1S/C13H20N4O3/c1-2-5-10(14)13(18)16-9-8-15-11-6-3-4-7-12(11)17(19)20/h3-4,6-7,10,15H,2,5,8-9,14H2,1H3,(H,16,18). The Bertz CT molecular complexity index is 465. The highest BCUT2D eigenvalue weighted by Crippen LogP contribution is 2.22. The normalized spacial score (nSPS) is 11.7. The summed E-state index contributed by atoms with van der Waals surface area (Å²) in [6, 6.07) is 5.88. The molecule has 0 aliphatic heterocycles. The lowest BCUT2D eigenvalue weighted by Crippen LogP contribution is -2.42. The van der Waals surface area contributed by atoms with Crippen molar-refractivity contribution in [1.29, 1.82) is 0 Å². The Labute approximate surface area is 117 Å². The topological polar surface area (TPSA) is 110 Å². The minimum absolute atomic E-state index is 0.0153. The van der Waals surface area contributed by atoms with Crippen LogP contribution in [0, 0.1) is 10.1 Å². The molecule has 1 aromatic rings. The SMILES string of the molecule is CCCC(N)C(=O)NCCNc1ccccc1[N+](=O)[O-]. The molecule has 0 aliphatic rings. The maximum Gasteiger partial charge on any atom is 0.292 e. The lowest BCUT2D eigenvalue weighted by Gasteiger charge is -2.12. The molecule has 0 heterocycles. The highest BCUT2D eigenvalue weighted by molar-refractivity contribution is 5.81. The Morgan fingerprint density at radius 3 is 2.75 bits per heavy atom. The molecule has 4 N–H and O–H groups in total. The summed E-state index contributed by atoms with van der Waals surface area (Å²) in [5.74, 6) is -0.198. The number of nitrogens with zero attached hydrogens (tertiary/aromatic N) is 1. The summed E-state index contributed by atoms with van der Waals surface area (Å²) < 4.78 is 0. The largest absolute Gasteiger partial charge is 0.378 e. The average Bonchev–Trinajstić information content (AvgIpc) is 2.43. The van der Waals surface area contributed by atoms with Crippen molar-refractivity contribution in [2.75, 3.05) is 18.4 Å². The van der Waals surface area contributed by atoms with Crippen LogP contribution >= 0.6 is 0 Å². The highest BCUT2D eigenvalue weighted by Gasteiger charge is 2.13. The minimum atomic E-state index is -0.494. The molecular weight excluding hydrogens is 260 g/mol. The predicted octanol–water partition coefficient (Wildman–Crippen LogP) is 1.25. The van der Waals surface area contributed by atoms with Gasteiger partial charge in [-0.1, -0.05) is 25.5 Å². The van der Waals surface area contributed by atoms with Gasteiger partial charge in [-0.3, -0.25) is 14.9 Å². The van der Waals surface area contributed by atoms with Gasteiger partial charge in [0, 0.05) is 19.2 Å². The molecule has 0 radical (unpaired) electrons. The quantitative estimate of drug-likeness (QED) is 0.377. The molecule has 1 atom stereocenters. The van der Waals surface area contributed by atoms with E-state index in [1.54, 1.807) is 18.2 Å². The van der Waals surface area contributed by atoms with Crippen molar-refractivity contribution in [2.24, 2.45) is 5.73 Å². The van der Waals surface area contributed by atoms with Gasteiger partial charge in [0.25, 0.3) is 5.69 Å². The molecule has 7 heteroatoms. The summed E-state index contributed by atoms with van der Waals surface area (Å²) in [6.45, 7) is 2.72. The van der Waals surface area contributed by atoms with Crippen molar-refractivity contribution in [2.45, 2.75) is 25.8 Å². The molecule has 0 saturated heterocycles. The number of carbonyl (C=O) groups excluding carboxylic acids is 1. The molecule has 1 amide bonds. The summed E-state index contributed by atoms with van der Waals surface area (Å²) in [5.41, 5.74) is 6.11. The zero-order valence-corrected chi connectivity index (χ0v) is 11.5. The van der Waals surface area contributed by atoms with Crippen LogP contribution in [0.3, 0.4) is 0 Å². The molecule has 0 saturated carbocycles. The van der Waals surface area contributed by atoms with E-state index in [9.17, 15) is 14.9 Å². The molecule has 110 valence electrons. The number of benzene rings is 1. The first-order valence-corrected chi connectivity index (χ1v) is 6.56. The molecule has 0 fully saturated rings. The van der Waals surface area contributed by atoms with Crippen LogP contribution in [0.1, 0.15) is 19.8 Å². The molecule has 1 aromatic carbocycles. The maximum atomic E-state index is 11.5.